The molecule has 1 atom stereocenters. The van der Waals surface area contributed by atoms with Crippen molar-refractivity contribution in [2.45, 2.75) is 25.8 Å². The number of oxazole rings is 1. The van der Waals surface area contributed by atoms with Gasteiger partial charge >= 0.3 is 0 Å². The first-order chi connectivity index (χ1) is 8.97. The van der Waals surface area contributed by atoms with Crippen LogP contribution in [-0.4, -0.2) is 27.2 Å². The number of anilines is 1. The van der Waals surface area contributed by atoms with Crippen LogP contribution in [0, 0.1) is 10.1 Å². The minimum absolute atomic E-state index is 0.0457. The maximum Gasteiger partial charge on any atom is 0.296 e. The van der Waals surface area contributed by atoms with Crippen molar-refractivity contribution in [1.82, 2.24) is 4.98 Å². The molecule has 1 heterocycles. The summed E-state index contributed by atoms with van der Waals surface area (Å²) in [5, 5.41) is 23.0. The topological polar surface area (TPSA) is 101 Å². The molecule has 0 bridgehead atoms. The van der Waals surface area contributed by atoms with Crippen molar-refractivity contribution in [2.75, 3.05) is 11.9 Å². The molecule has 7 heteroatoms. The van der Waals surface area contributed by atoms with Crippen molar-refractivity contribution in [1.29, 1.82) is 0 Å². The molecule has 19 heavy (non-hydrogen) atoms. The molecule has 0 saturated heterocycles. The Bertz CT molecular complexity index is 604. The van der Waals surface area contributed by atoms with Gasteiger partial charge in [-0.3, -0.25) is 10.1 Å². The van der Waals surface area contributed by atoms with Gasteiger partial charge in [0.05, 0.1) is 23.1 Å². The molecule has 0 aliphatic heterocycles. The van der Waals surface area contributed by atoms with E-state index in [9.17, 15) is 15.2 Å². The van der Waals surface area contributed by atoms with E-state index >= 15 is 0 Å². The maximum absolute atomic E-state index is 10.7. The van der Waals surface area contributed by atoms with Crippen LogP contribution in [0.15, 0.2) is 22.6 Å². The molecule has 102 valence electrons. The number of aromatic nitrogens is 1. The van der Waals surface area contributed by atoms with E-state index < -0.39 is 10.5 Å². The molecule has 7 nitrogen and oxygen atoms in total. The number of aliphatic hydroxyl groups excluding tert-OH is 1. The fraction of sp³-hybridized carbons (Fsp3) is 0.417. The summed E-state index contributed by atoms with van der Waals surface area (Å²) in [5.41, 5.74) is 0.292. The molecule has 0 fully saturated rings. The lowest BCUT2D eigenvalue weighted by Crippen LogP contribution is -2.38. The summed E-state index contributed by atoms with van der Waals surface area (Å²) in [6.45, 7) is 3.70. The SMILES string of the molecule is CCC(C)(CO)Nc1nc2ccc([N+](=O)[O-])cc2o1. The second-order valence-corrected chi connectivity index (χ2v) is 4.63. The Labute approximate surface area is 109 Å². The van der Waals surface area contributed by atoms with Gasteiger partial charge in [0.2, 0.25) is 0 Å². The first-order valence-corrected chi connectivity index (χ1v) is 5.91. The predicted molar refractivity (Wildman–Crippen MR) is 70.1 cm³/mol. The molecular weight excluding hydrogens is 250 g/mol. The summed E-state index contributed by atoms with van der Waals surface area (Å²) in [4.78, 5) is 14.4. The van der Waals surface area contributed by atoms with Crippen LogP contribution in [0.4, 0.5) is 11.7 Å². The van der Waals surface area contributed by atoms with E-state index in [1.165, 1.54) is 18.2 Å². The van der Waals surface area contributed by atoms with Gasteiger partial charge in [0.15, 0.2) is 5.58 Å². The number of benzene rings is 1. The number of non-ortho nitro benzene ring substituents is 1. The van der Waals surface area contributed by atoms with Crippen molar-refractivity contribution < 1.29 is 14.4 Å². The molecule has 1 aromatic heterocycles. The zero-order valence-corrected chi connectivity index (χ0v) is 10.7. The second-order valence-electron chi connectivity index (χ2n) is 4.63. The summed E-state index contributed by atoms with van der Waals surface area (Å²) in [5.74, 6) is 0. The Morgan fingerprint density at radius 1 is 1.58 bits per heavy atom. The van der Waals surface area contributed by atoms with Crippen LogP contribution in [0.3, 0.4) is 0 Å². The third-order valence-corrected chi connectivity index (χ3v) is 3.12. The predicted octanol–water partition coefficient (Wildman–Crippen LogP) is 2.31. The number of fused-ring (bicyclic) bond motifs is 1. The molecule has 0 aliphatic carbocycles. The first kappa shape index (κ1) is 13.3. The minimum Gasteiger partial charge on any atom is -0.423 e. The smallest absolute Gasteiger partial charge is 0.296 e. The van der Waals surface area contributed by atoms with Crippen molar-refractivity contribution in [3.8, 4) is 0 Å². The van der Waals surface area contributed by atoms with E-state index in [0.717, 1.165) is 0 Å². The van der Waals surface area contributed by atoms with Gasteiger partial charge in [-0.25, -0.2) is 0 Å². The normalized spacial score (nSPS) is 14.3. The van der Waals surface area contributed by atoms with Gasteiger partial charge in [-0.2, -0.15) is 4.98 Å². The van der Waals surface area contributed by atoms with Crippen LogP contribution in [0.1, 0.15) is 20.3 Å². The first-order valence-electron chi connectivity index (χ1n) is 5.91. The van der Waals surface area contributed by atoms with E-state index in [1.54, 1.807) is 0 Å². The summed E-state index contributed by atoms with van der Waals surface area (Å²) >= 11 is 0. The highest BCUT2D eigenvalue weighted by Crippen LogP contribution is 2.25. The molecular formula is C12H15N3O4. The van der Waals surface area contributed by atoms with Gasteiger partial charge < -0.3 is 14.8 Å². The number of nitro groups is 1. The Kier molecular flexibility index (Phi) is 3.39. The fourth-order valence-corrected chi connectivity index (χ4v) is 1.58. The molecule has 1 aromatic carbocycles. The average Bonchev–Trinajstić information content (AvgIpc) is 2.79. The van der Waals surface area contributed by atoms with E-state index in [4.69, 9.17) is 4.42 Å². The number of nitro benzene ring substituents is 1. The lowest BCUT2D eigenvalue weighted by Gasteiger charge is -2.25. The molecule has 2 rings (SSSR count). The van der Waals surface area contributed by atoms with Gasteiger partial charge in [-0.1, -0.05) is 6.92 Å². The van der Waals surface area contributed by atoms with Crippen LogP contribution < -0.4 is 5.32 Å². The number of rotatable bonds is 5. The lowest BCUT2D eigenvalue weighted by atomic mass is 10.0. The van der Waals surface area contributed by atoms with Crippen LogP contribution in [0.25, 0.3) is 11.1 Å². The lowest BCUT2D eigenvalue weighted by molar-refractivity contribution is -0.384. The quantitative estimate of drug-likeness (QED) is 0.635. The molecule has 0 amide bonds. The molecule has 0 radical (unpaired) electrons. The number of nitrogens with zero attached hydrogens (tertiary/aromatic N) is 2. The number of nitrogens with one attached hydrogen (secondary N) is 1. The Balaban J connectivity index is 2.34. The second kappa shape index (κ2) is 4.85. The Morgan fingerprint density at radius 2 is 2.32 bits per heavy atom. The van der Waals surface area contributed by atoms with Crippen LogP contribution in [0.2, 0.25) is 0 Å². The Hall–Kier alpha value is -2.15. The van der Waals surface area contributed by atoms with Gasteiger partial charge in [0, 0.05) is 6.07 Å². The minimum atomic E-state index is -0.535. The zero-order chi connectivity index (χ0) is 14.0. The molecule has 2 aromatic rings. The maximum atomic E-state index is 10.7. The van der Waals surface area contributed by atoms with Crippen LogP contribution >= 0.6 is 0 Å². The molecule has 0 saturated carbocycles. The standard InChI is InChI=1S/C12H15N3O4/c1-3-12(2,7-16)14-11-13-9-5-4-8(15(17)18)6-10(9)19-11/h4-6,16H,3,7H2,1-2H3,(H,13,14). The molecule has 2 N–H and O–H groups in total. The average molecular weight is 265 g/mol. The van der Waals surface area contributed by atoms with Gasteiger partial charge in [-0.05, 0) is 19.4 Å². The summed E-state index contributed by atoms with van der Waals surface area (Å²) < 4.78 is 5.42. The third kappa shape index (κ3) is 2.65. The largest absolute Gasteiger partial charge is 0.423 e. The highest BCUT2D eigenvalue weighted by atomic mass is 16.6. The van der Waals surface area contributed by atoms with Crippen LogP contribution in [0.5, 0.6) is 0 Å². The van der Waals surface area contributed by atoms with Crippen LogP contribution in [-0.2, 0) is 0 Å². The number of hydrogen-bond acceptors (Lipinski definition) is 6. The van der Waals surface area contributed by atoms with E-state index in [0.29, 0.717) is 17.5 Å². The van der Waals surface area contributed by atoms with Crippen molar-refractivity contribution >= 4 is 22.8 Å². The van der Waals surface area contributed by atoms with E-state index in [1.807, 2.05) is 13.8 Å². The summed E-state index contributed by atoms with van der Waals surface area (Å²) in [6.07, 6.45) is 0.683. The fourth-order valence-electron chi connectivity index (χ4n) is 1.58. The van der Waals surface area contributed by atoms with E-state index in [2.05, 4.69) is 10.3 Å². The molecule has 1 unspecified atom stereocenters. The zero-order valence-electron chi connectivity index (χ0n) is 10.7. The summed E-state index contributed by atoms with van der Waals surface area (Å²) in [7, 11) is 0. The number of aliphatic hydroxyl groups is 1. The van der Waals surface area contributed by atoms with Gasteiger partial charge in [-0.15, -0.1) is 0 Å². The summed E-state index contributed by atoms with van der Waals surface area (Å²) in [6, 6.07) is 4.48. The van der Waals surface area contributed by atoms with Gasteiger partial charge in [0.1, 0.15) is 5.52 Å². The van der Waals surface area contributed by atoms with Crippen molar-refractivity contribution in [3.63, 3.8) is 0 Å². The third-order valence-electron chi connectivity index (χ3n) is 3.12. The molecule has 0 aliphatic rings. The highest BCUT2D eigenvalue weighted by Gasteiger charge is 2.23. The van der Waals surface area contributed by atoms with Crippen molar-refractivity contribution in [3.05, 3.63) is 28.3 Å². The molecule has 0 spiro atoms. The Morgan fingerprint density at radius 3 is 2.89 bits per heavy atom. The number of hydrogen-bond donors (Lipinski definition) is 2. The highest BCUT2D eigenvalue weighted by molar-refractivity contribution is 5.77. The van der Waals surface area contributed by atoms with Gasteiger partial charge in [0.25, 0.3) is 11.7 Å². The monoisotopic (exact) mass is 265 g/mol. The van der Waals surface area contributed by atoms with E-state index in [-0.39, 0.29) is 18.3 Å². The van der Waals surface area contributed by atoms with Crippen molar-refractivity contribution in [2.24, 2.45) is 0 Å².